The highest BCUT2D eigenvalue weighted by atomic mass is 16.5. The summed E-state index contributed by atoms with van der Waals surface area (Å²) < 4.78 is 5.03. The van der Waals surface area contributed by atoms with Gasteiger partial charge in [-0.05, 0) is 6.07 Å². The van der Waals surface area contributed by atoms with Gasteiger partial charge in [0, 0.05) is 19.2 Å². The predicted octanol–water partition coefficient (Wildman–Crippen LogP) is -0.250. The number of hydrogen-bond acceptors (Lipinski definition) is 5. The molecule has 0 bridgehead atoms. The van der Waals surface area contributed by atoms with Gasteiger partial charge >= 0.3 is 5.97 Å². The van der Waals surface area contributed by atoms with Crippen molar-refractivity contribution in [2.45, 2.75) is 18.6 Å². The van der Waals surface area contributed by atoms with Gasteiger partial charge in [-0.1, -0.05) is 0 Å². The van der Waals surface area contributed by atoms with Crippen LogP contribution in [0.1, 0.15) is 16.8 Å². The Balaban J connectivity index is 2.30. The summed E-state index contributed by atoms with van der Waals surface area (Å²) in [6.07, 6.45) is 2.03. The van der Waals surface area contributed by atoms with E-state index in [0.717, 1.165) is 4.90 Å². The van der Waals surface area contributed by atoms with Crippen LogP contribution in [0.5, 0.6) is 5.75 Å². The number of carboxylic acid groups (broad SMARTS) is 1. The molecule has 1 aromatic rings. The Morgan fingerprint density at radius 1 is 1.53 bits per heavy atom. The van der Waals surface area contributed by atoms with Crippen molar-refractivity contribution in [1.82, 2.24) is 9.88 Å². The molecule has 0 aromatic carbocycles. The van der Waals surface area contributed by atoms with E-state index in [-0.39, 0.29) is 24.3 Å². The van der Waals surface area contributed by atoms with Crippen LogP contribution in [0.25, 0.3) is 0 Å². The van der Waals surface area contributed by atoms with Crippen LogP contribution in [0.3, 0.4) is 0 Å². The van der Waals surface area contributed by atoms with Crippen molar-refractivity contribution in [2.24, 2.45) is 0 Å². The van der Waals surface area contributed by atoms with Gasteiger partial charge in [0.15, 0.2) is 0 Å². The molecule has 2 heterocycles. The Morgan fingerprint density at radius 3 is 2.89 bits per heavy atom. The number of nitrogens with zero attached hydrogens (tertiary/aromatic N) is 2. The number of likely N-dealkylation sites (tertiary alicyclic amines) is 1. The summed E-state index contributed by atoms with van der Waals surface area (Å²) in [5.74, 6) is -1.33. The standard InChI is InChI=1S/C12H14N2O5/c1-19-10-5-13-3-2-8(10)11(16)14-6-7(15)4-9(14)12(17)18/h2-3,5,7,9,15H,4,6H2,1H3,(H,17,18). The fourth-order valence-corrected chi connectivity index (χ4v) is 2.15. The van der Waals surface area contributed by atoms with E-state index in [0.29, 0.717) is 0 Å². The Hall–Kier alpha value is -2.15. The first kappa shape index (κ1) is 13.3. The second kappa shape index (κ2) is 5.23. The van der Waals surface area contributed by atoms with Crippen LogP contribution in [0.15, 0.2) is 18.5 Å². The minimum absolute atomic E-state index is 0.00127. The maximum Gasteiger partial charge on any atom is 0.326 e. The van der Waals surface area contributed by atoms with E-state index < -0.39 is 24.0 Å². The smallest absolute Gasteiger partial charge is 0.326 e. The first-order valence-electron chi connectivity index (χ1n) is 5.74. The maximum absolute atomic E-state index is 12.3. The van der Waals surface area contributed by atoms with Gasteiger partial charge in [0.25, 0.3) is 5.91 Å². The quantitative estimate of drug-likeness (QED) is 0.782. The van der Waals surface area contributed by atoms with E-state index in [1.165, 1.54) is 25.6 Å². The average Bonchev–Trinajstić information content (AvgIpc) is 2.80. The average molecular weight is 266 g/mol. The number of carbonyl (C=O) groups excluding carboxylic acids is 1. The van der Waals surface area contributed by atoms with Crippen LogP contribution in [-0.2, 0) is 4.79 Å². The molecule has 0 spiro atoms. The molecule has 2 N–H and O–H groups in total. The van der Waals surface area contributed by atoms with Gasteiger partial charge in [0.1, 0.15) is 11.8 Å². The van der Waals surface area contributed by atoms with Crippen LogP contribution in [0, 0.1) is 0 Å². The van der Waals surface area contributed by atoms with Crippen LogP contribution in [0.2, 0.25) is 0 Å². The number of carboxylic acids is 1. The van der Waals surface area contributed by atoms with Gasteiger partial charge < -0.3 is 19.8 Å². The van der Waals surface area contributed by atoms with Crippen molar-refractivity contribution in [3.8, 4) is 5.75 Å². The Bertz CT molecular complexity index is 505. The van der Waals surface area contributed by atoms with Crippen LogP contribution < -0.4 is 4.74 Å². The molecule has 102 valence electrons. The van der Waals surface area contributed by atoms with Gasteiger partial charge in [-0.3, -0.25) is 9.78 Å². The third-order valence-electron chi connectivity index (χ3n) is 3.06. The molecular weight excluding hydrogens is 252 g/mol. The molecule has 1 aliphatic heterocycles. The van der Waals surface area contributed by atoms with Crippen molar-refractivity contribution in [2.75, 3.05) is 13.7 Å². The topological polar surface area (TPSA) is 100.0 Å². The van der Waals surface area contributed by atoms with Crippen molar-refractivity contribution in [3.63, 3.8) is 0 Å². The van der Waals surface area contributed by atoms with E-state index in [2.05, 4.69) is 4.98 Å². The fourth-order valence-electron chi connectivity index (χ4n) is 2.15. The number of rotatable bonds is 3. The Morgan fingerprint density at radius 2 is 2.26 bits per heavy atom. The molecule has 0 saturated carbocycles. The highest BCUT2D eigenvalue weighted by molar-refractivity contribution is 5.99. The SMILES string of the molecule is COc1cnccc1C(=O)N1CC(O)CC1C(=O)O. The number of carbonyl (C=O) groups is 2. The van der Waals surface area contributed by atoms with E-state index in [9.17, 15) is 14.7 Å². The fraction of sp³-hybridized carbons (Fsp3) is 0.417. The number of aliphatic hydroxyl groups excluding tert-OH is 1. The zero-order chi connectivity index (χ0) is 14.0. The molecule has 1 aromatic heterocycles. The lowest BCUT2D eigenvalue weighted by molar-refractivity contribution is -0.141. The summed E-state index contributed by atoms with van der Waals surface area (Å²) in [5, 5.41) is 18.6. The molecule has 1 saturated heterocycles. The van der Waals surface area contributed by atoms with Gasteiger partial charge in [0.05, 0.1) is 25.0 Å². The third-order valence-corrected chi connectivity index (χ3v) is 3.06. The minimum atomic E-state index is -1.13. The summed E-state index contributed by atoms with van der Waals surface area (Å²) in [5.41, 5.74) is 0.234. The normalized spacial score (nSPS) is 22.3. The van der Waals surface area contributed by atoms with Crippen molar-refractivity contribution in [3.05, 3.63) is 24.0 Å². The third kappa shape index (κ3) is 2.50. The first-order chi connectivity index (χ1) is 9.04. The summed E-state index contributed by atoms with van der Waals surface area (Å²) >= 11 is 0. The second-order valence-corrected chi connectivity index (χ2v) is 4.28. The van der Waals surface area contributed by atoms with E-state index in [4.69, 9.17) is 9.84 Å². The molecule has 7 nitrogen and oxygen atoms in total. The minimum Gasteiger partial charge on any atom is -0.494 e. The molecule has 2 atom stereocenters. The number of hydrogen-bond donors (Lipinski definition) is 2. The van der Waals surface area contributed by atoms with Gasteiger partial charge in [-0.25, -0.2) is 4.79 Å². The number of aromatic nitrogens is 1. The molecule has 0 radical (unpaired) electrons. The van der Waals surface area contributed by atoms with E-state index in [1.807, 2.05) is 0 Å². The molecule has 19 heavy (non-hydrogen) atoms. The number of aliphatic carboxylic acids is 1. The monoisotopic (exact) mass is 266 g/mol. The van der Waals surface area contributed by atoms with Crippen molar-refractivity contribution >= 4 is 11.9 Å². The molecule has 1 aliphatic rings. The molecule has 1 amide bonds. The summed E-state index contributed by atoms with van der Waals surface area (Å²) in [4.78, 5) is 28.4. The van der Waals surface area contributed by atoms with Crippen LogP contribution in [-0.4, -0.2) is 57.8 Å². The summed E-state index contributed by atoms with van der Waals surface area (Å²) in [7, 11) is 1.40. The second-order valence-electron chi connectivity index (χ2n) is 4.28. The first-order valence-corrected chi connectivity index (χ1v) is 5.74. The largest absolute Gasteiger partial charge is 0.494 e. The number of β-amino-alcohol motifs (C(OH)–C–C–N with tert-alkyl or cyclic N) is 1. The molecule has 2 rings (SSSR count). The molecule has 1 fully saturated rings. The van der Waals surface area contributed by atoms with Gasteiger partial charge in [-0.2, -0.15) is 0 Å². The molecule has 2 unspecified atom stereocenters. The molecule has 0 aliphatic carbocycles. The van der Waals surface area contributed by atoms with E-state index >= 15 is 0 Å². The Labute approximate surface area is 109 Å². The summed E-state index contributed by atoms with van der Waals surface area (Å²) in [6.45, 7) is 0.00127. The molecular formula is C12H14N2O5. The molecule has 7 heteroatoms. The Kier molecular flexibility index (Phi) is 3.66. The lowest BCUT2D eigenvalue weighted by atomic mass is 10.1. The number of ether oxygens (including phenoxy) is 1. The zero-order valence-corrected chi connectivity index (χ0v) is 10.3. The highest BCUT2D eigenvalue weighted by Gasteiger charge is 2.39. The summed E-state index contributed by atoms with van der Waals surface area (Å²) in [6, 6.07) is 0.450. The van der Waals surface area contributed by atoms with Gasteiger partial charge in [0.2, 0.25) is 0 Å². The lowest BCUT2D eigenvalue weighted by Gasteiger charge is -2.21. The van der Waals surface area contributed by atoms with Crippen molar-refractivity contribution < 1.29 is 24.5 Å². The number of pyridine rings is 1. The number of aliphatic hydroxyl groups is 1. The number of amides is 1. The van der Waals surface area contributed by atoms with Gasteiger partial charge in [-0.15, -0.1) is 0 Å². The van der Waals surface area contributed by atoms with Crippen molar-refractivity contribution in [1.29, 1.82) is 0 Å². The lowest BCUT2D eigenvalue weighted by Crippen LogP contribution is -2.40. The highest BCUT2D eigenvalue weighted by Crippen LogP contribution is 2.24. The van der Waals surface area contributed by atoms with Crippen LogP contribution >= 0.6 is 0 Å². The number of methoxy groups -OCH3 is 1. The zero-order valence-electron chi connectivity index (χ0n) is 10.3. The van der Waals surface area contributed by atoms with Crippen LogP contribution in [0.4, 0.5) is 0 Å². The van der Waals surface area contributed by atoms with E-state index in [1.54, 1.807) is 0 Å². The maximum atomic E-state index is 12.3. The predicted molar refractivity (Wildman–Crippen MR) is 63.9 cm³/mol.